The first-order chi connectivity index (χ1) is 4.18. The molecule has 0 aliphatic heterocycles. The van der Waals surface area contributed by atoms with Crippen LogP contribution in [0.25, 0.3) is 0 Å². The normalized spacial score (nSPS) is 10.7. The second-order valence-electron chi connectivity index (χ2n) is 2.10. The minimum atomic E-state index is 0.0661. The molecular weight excluding hydrogens is 116 g/mol. The Morgan fingerprint density at radius 2 is 2.11 bits per heavy atom. The third-order valence-corrected chi connectivity index (χ3v) is 0.937. The first kappa shape index (κ1) is 8.21. The van der Waals surface area contributed by atoms with Crippen LogP contribution >= 0.6 is 0 Å². The average molecular weight is 128 g/mol. The molecule has 0 spiro atoms. The van der Waals surface area contributed by atoms with Crippen LogP contribution in [0.15, 0.2) is 12.3 Å². The van der Waals surface area contributed by atoms with Gasteiger partial charge in [-0.25, -0.2) is 0 Å². The van der Waals surface area contributed by atoms with E-state index in [9.17, 15) is 4.79 Å². The molecule has 0 unspecified atom stereocenters. The van der Waals surface area contributed by atoms with Crippen molar-refractivity contribution in [2.75, 3.05) is 7.11 Å². The molecule has 0 saturated carbocycles. The van der Waals surface area contributed by atoms with Crippen molar-refractivity contribution in [1.82, 2.24) is 0 Å². The lowest BCUT2D eigenvalue weighted by Crippen LogP contribution is -2.01. The topological polar surface area (TPSA) is 26.3 Å². The van der Waals surface area contributed by atoms with Gasteiger partial charge in [0.25, 0.3) is 0 Å². The SMILES string of the molecule is COC=CC(=O)C(C)C. The van der Waals surface area contributed by atoms with Crippen molar-refractivity contribution in [2.24, 2.45) is 5.92 Å². The number of rotatable bonds is 3. The molecule has 0 saturated heterocycles. The van der Waals surface area contributed by atoms with Crippen molar-refractivity contribution < 1.29 is 9.53 Å². The zero-order chi connectivity index (χ0) is 7.28. The predicted octanol–water partition coefficient (Wildman–Crippen LogP) is 1.37. The van der Waals surface area contributed by atoms with Gasteiger partial charge in [0.05, 0.1) is 13.4 Å². The van der Waals surface area contributed by atoms with E-state index in [1.165, 1.54) is 19.4 Å². The van der Waals surface area contributed by atoms with Gasteiger partial charge in [-0.3, -0.25) is 4.79 Å². The average Bonchev–Trinajstić information content (AvgIpc) is 1.82. The summed E-state index contributed by atoms with van der Waals surface area (Å²) in [5, 5.41) is 0. The van der Waals surface area contributed by atoms with Crippen LogP contribution < -0.4 is 0 Å². The first-order valence-corrected chi connectivity index (χ1v) is 2.91. The molecule has 0 aliphatic carbocycles. The predicted molar refractivity (Wildman–Crippen MR) is 36.0 cm³/mol. The molecule has 0 bridgehead atoms. The highest BCUT2D eigenvalue weighted by Crippen LogP contribution is 1.94. The van der Waals surface area contributed by atoms with Crippen LogP contribution in [0.3, 0.4) is 0 Å². The van der Waals surface area contributed by atoms with Gasteiger partial charge in [-0.15, -0.1) is 0 Å². The molecule has 0 fully saturated rings. The molecule has 0 aliphatic rings. The van der Waals surface area contributed by atoms with Crippen molar-refractivity contribution >= 4 is 5.78 Å². The van der Waals surface area contributed by atoms with Crippen molar-refractivity contribution in [3.8, 4) is 0 Å². The lowest BCUT2D eigenvalue weighted by atomic mass is 10.1. The smallest absolute Gasteiger partial charge is 0.161 e. The van der Waals surface area contributed by atoms with Crippen LogP contribution in [0.1, 0.15) is 13.8 Å². The van der Waals surface area contributed by atoms with Gasteiger partial charge in [0.2, 0.25) is 0 Å². The Labute approximate surface area is 55.5 Å². The Morgan fingerprint density at radius 3 is 2.44 bits per heavy atom. The Bertz CT molecular complexity index is 114. The highest BCUT2D eigenvalue weighted by molar-refractivity contribution is 5.90. The van der Waals surface area contributed by atoms with E-state index in [2.05, 4.69) is 4.74 Å². The van der Waals surface area contributed by atoms with E-state index in [0.29, 0.717) is 0 Å². The molecule has 0 aromatic carbocycles. The fraction of sp³-hybridized carbons (Fsp3) is 0.571. The molecule has 0 aromatic heterocycles. The third-order valence-electron chi connectivity index (χ3n) is 0.937. The molecule has 0 amide bonds. The maximum Gasteiger partial charge on any atom is 0.161 e. The molecule has 9 heavy (non-hydrogen) atoms. The van der Waals surface area contributed by atoms with Gasteiger partial charge in [0, 0.05) is 12.0 Å². The third kappa shape index (κ3) is 3.76. The molecule has 0 heterocycles. The zero-order valence-corrected chi connectivity index (χ0v) is 6.05. The summed E-state index contributed by atoms with van der Waals surface area (Å²) in [6, 6.07) is 0. The van der Waals surface area contributed by atoms with Gasteiger partial charge >= 0.3 is 0 Å². The van der Waals surface area contributed by atoms with Crippen LogP contribution in [0.2, 0.25) is 0 Å². The molecule has 0 radical (unpaired) electrons. The Balaban J connectivity index is 3.63. The summed E-state index contributed by atoms with van der Waals surface area (Å²) in [5.41, 5.74) is 0. The summed E-state index contributed by atoms with van der Waals surface area (Å²) in [6.07, 6.45) is 2.83. The number of hydrogen-bond acceptors (Lipinski definition) is 2. The molecule has 0 N–H and O–H groups in total. The van der Waals surface area contributed by atoms with Gasteiger partial charge in [0.15, 0.2) is 5.78 Å². The highest BCUT2D eigenvalue weighted by Gasteiger charge is 2.00. The monoisotopic (exact) mass is 128 g/mol. The summed E-state index contributed by atoms with van der Waals surface area (Å²) in [6.45, 7) is 3.70. The van der Waals surface area contributed by atoms with Gasteiger partial charge in [0.1, 0.15) is 0 Å². The second-order valence-corrected chi connectivity index (χ2v) is 2.10. The van der Waals surface area contributed by atoms with Crippen molar-refractivity contribution in [2.45, 2.75) is 13.8 Å². The Morgan fingerprint density at radius 1 is 1.56 bits per heavy atom. The molecule has 2 nitrogen and oxygen atoms in total. The number of methoxy groups -OCH3 is 1. The van der Waals surface area contributed by atoms with E-state index < -0.39 is 0 Å². The standard InChI is InChI=1S/C7H12O2/c1-6(2)7(8)4-5-9-3/h4-6H,1-3H3. The Hall–Kier alpha value is -0.790. The Kier molecular flexibility index (Phi) is 3.76. The quantitative estimate of drug-likeness (QED) is 0.424. The van der Waals surface area contributed by atoms with Crippen LogP contribution in [0, 0.1) is 5.92 Å². The summed E-state index contributed by atoms with van der Waals surface area (Å²) < 4.78 is 4.56. The largest absolute Gasteiger partial charge is 0.504 e. The maximum absolute atomic E-state index is 10.7. The highest BCUT2D eigenvalue weighted by atomic mass is 16.5. The summed E-state index contributed by atoms with van der Waals surface area (Å²) in [4.78, 5) is 10.7. The number of ether oxygens (including phenoxy) is 1. The lowest BCUT2D eigenvalue weighted by Gasteiger charge is -1.94. The van der Waals surface area contributed by atoms with Gasteiger partial charge < -0.3 is 4.74 Å². The van der Waals surface area contributed by atoms with Crippen molar-refractivity contribution in [1.29, 1.82) is 0 Å². The van der Waals surface area contributed by atoms with Gasteiger partial charge in [-0.05, 0) is 0 Å². The van der Waals surface area contributed by atoms with Crippen LogP contribution in [0.4, 0.5) is 0 Å². The van der Waals surface area contributed by atoms with Crippen molar-refractivity contribution in [3.63, 3.8) is 0 Å². The molecule has 52 valence electrons. The van der Waals surface area contributed by atoms with E-state index in [1.54, 1.807) is 0 Å². The van der Waals surface area contributed by atoms with E-state index in [1.807, 2.05) is 13.8 Å². The zero-order valence-electron chi connectivity index (χ0n) is 6.05. The fourth-order valence-corrected chi connectivity index (χ4v) is 0.328. The van der Waals surface area contributed by atoms with Crippen molar-refractivity contribution in [3.05, 3.63) is 12.3 Å². The minimum absolute atomic E-state index is 0.0661. The number of hydrogen-bond donors (Lipinski definition) is 0. The summed E-state index contributed by atoms with van der Waals surface area (Å²) >= 11 is 0. The van der Waals surface area contributed by atoms with Gasteiger partial charge in [-0.1, -0.05) is 13.8 Å². The van der Waals surface area contributed by atoms with E-state index in [0.717, 1.165) is 0 Å². The number of carbonyl (C=O) groups excluding carboxylic acids is 1. The first-order valence-electron chi connectivity index (χ1n) is 2.91. The van der Waals surface area contributed by atoms with Crippen LogP contribution in [-0.4, -0.2) is 12.9 Å². The second kappa shape index (κ2) is 4.13. The van der Waals surface area contributed by atoms with E-state index in [4.69, 9.17) is 0 Å². The van der Waals surface area contributed by atoms with E-state index in [-0.39, 0.29) is 11.7 Å². The number of allylic oxidation sites excluding steroid dienone is 1. The van der Waals surface area contributed by atoms with Gasteiger partial charge in [-0.2, -0.15) is 0 Å². The molecular formula is C7H12O2. The van der Waals surface area contributed by atoms with E-state index >= 15 is 0 Å². The summed E-state index contributed by atoms with van der Waals surface area (Å²) in [7, 11) is 1.52. The maximum atomic E-state index is 10.7. The number of carbonyl (C=O) groups is 1. The lowest BCUT2D eigenvalue weighted by molar-refractivity contribution is -0.117. The fourth-order valence-electron chi connectivity index (χ4n) is 0.328. The summed E-state index contributed by atoms with van der Waals surface area (Å²) in [5.74, 6) is 0.160. The molecule has 0 rings (SSSR count). The molecule has 0 aromatic rings. The molecule has 0 atom stereocenters. The van der Waals surface area contributed by atoms with Crippen LogP contribution in [-0.2, 0) is 9.53 Å². The minimum Gasteiger partial charge on any atom is -0.504 e. The van der Waals surface area contributed by atoms with Crippen LogP contribution in [0.5, 0.6) is 0 Å². The number of ketones is 1. The molecule has 2 heteroatoms.